The average molecular weight is 246 g/mol. The Morgan fingerprint density at radius 1 is 1.56 bits per heavy atom. The maximum absolute atomic E-state index is 11.4. The fourth-order valence-corrected chi connectivity index (χ4v) is 1.60. The lowest BCUT2D eigenvalue weighted by atomic mass is 10.2. The number of ether oxygens (including phenoxy) is 1. The second-order valence-corrected chi connectivity index (χ2v) is 3.77. The van der Waals surface area contributed by atoms with Crippen LogP contribution in [0.5, 0.6) is 0 Å². The standard InChI is InChI=1S/C13H14N2O3/c1-9-12(13(16)17-2)6-11(18-9)8-15-10-4-3-5-14-7-10/h3-7,15H,8H2,1-2H3. The lowest BCUT2D eigenvalue weighted by molar-refractivity contribution is 0.0599. The Kier molecular flexibility index (Phi) is 3.62. The van der Waals surface area contributed by atoms with Crippen molar-refractivity contribution in [3.05, 3.63) is 47.7 Å². The first-order valence-corrected chi connectivity index (χ1v) is 5.52. The molecule has 2 aromatic heterocycles. The summed E-state index contributed by atoms with van der Waals surface area (Å²) < 4.78 is 10.1. The van der Waals surface area contributed by atoms with Crippen LogP contribution in [0.25, 0.3) is 0 Å². The molecule has 18 heavy (non-hydrogen) atoms. The third kappa shape index (κ3) is 2.68. The van der Waals surface area contributed by atoms with E-state index in [1.807, 2.05) is 12.1 Å². The Labute approximate surface area is 105 Å². The SMILES string of the molecule is COC(=O)c1cc(CNc2cccnc2)oc1C. The Hall–Kier alpha value is -2.30. The lowest BCUT2D eigenvalue weighted by Gasteiger charge is -2.02. The van der Waals surface area contributed by atoms with Gasteiger partial charge in [-0.1, -0.05) is 0 Å². The highest BCUT2D eigenvalue weighted by molar-refractivity contribution is 5.90. The van der Waals surface area contributed by atoms with Crippen molar-refractivity contribution in [2.75, 3.05) is 12.4 Å². The van der Waals surface area contributed by atoms with Gasteiger partial charge in [-0.25, -0.2) is 4.79 Å². The largest absolute Gasteiger partial charge is 0.465 e. The van der Waals surface area contributed by atoms with Gasteiger partial charge in [-0.15, -0.1) is 0 Å². The first kappa shape index (κ1) is 12.2. The van der Waals surface area contributed by atoms with Gasteiger partial charge in [-0.2, -0.15) is 0 Å². The van der Waals surface area contributed by atoms with Gasteiger partial charge in [0.05, 0.1) is 19.3 Å². The number of pyridine rings is 1. The van der Waals surface area contributed by atoms with Crippen LogP contribution in [0.4, 0.5) is 5.69 Å². The molecule has 0 bridgehead atoms. The molecular formula is C13H14N2O3. The number of aryl methyl sites for hydroxylation is 1. The Morgan fingerprint density at radius 2 is 2.39 bits per heavy atom. The van der Waals surface area contributed by atoms with Crippen molar-refractivity contribution in [3.8, 4) is 0 Å². The summed E-state index contributed by atoms with van der Waals surface area (Å²) in [6.07, 6.45) is 3.43. The molecule has 0 aliphatic heterocycles. The third-order valence-electron chi connectivity index (χ3n) is 2.50. The number of aromatic nitrogens is 1. The summed E-state index contributed by atoms with van der Waals surface area (Å²) in [5, 5.41) is 3.15. The van der Waals surface area contributed by atoms with Crippen LogP contribution in [0.15, 0.2) is 35.0 Å². The van der Waals surface area contributed by atoms with Gasteiger partial charge in [-0.05, 0) is 25.1 Å². The van der Waals surface area contributed by atoms with E-state index in [4.69, 9.17) is 4.42 Å². The third-order valence-corrected chi connectivity index (χ3v) is 2.50. The summed E-state index contributed by atoms with van der Waals surface area (Å²) in [5.41, 5.74) is 1.35. The normalized spacial score (nSPS) is 10.1. The summed E-state index contributed by atoms with van der Waals surface area (Å²) in [7, 11) is 1.35. The molecule has 2 aromatic rings. The number of anilines is 1. The summed E-state index contributed by atoms with van der Waals surface area (Å²) in [6, 6.07) is 5.43. The smallest absolute Gasteiger partial charge is 0.341 e. The van der Waals surface area contributed by atoms with E-state index in [2.05, 4.69) is 15.0 Å². The topological polar surface area (TPSA) is 64.4 Å². The van der Waals surface area contributed by atoms with Gasteiger partial charge in [0.25, 0.3) is 0 Å². The minimum absolute atomic E-state index is 0.385. The van der Waals surface area contributed by atoms with Crippen molar-refractivity contribution in [3.63, 3.8) is 0 Å². The first-order valence-electron chi connectivity index (χ1n) is 5.52. The predicted molar refractivity (Wildman–Crippen MR) is 66.3 cm³/mol. The van der Waals surface area contributed by atoms with Crippen molar-refractivity contribution in [1.29, 1.82) is 0 Å². The van der Waals surface area contributed by atoms with Gasteiger partial charge in [0.1, 0.15) is 17.1 Å². The molecule has 0 amide bonds. The number of nitrogens with one attached hydrogen (secondary N) is 1. The molecule has 0 fully saturated rings. The number of carbonyl (C=O) groups is 1. The van der Waals surface area contributed by atoms with Crippen LogP contribution in [0, 0.1) is 6.92 Å². The minimum atomic E-state index is -0.385. The Balaban J connectivity index is 2.05. The van der Waals surface area contributed by atoms with Crippen LogP contribution in [0.1, 0.15) is 21.9 Å². The van der Waals surface area contributed by atoms with Gasteiger partial charge in [0, 0.05) is 12.4 Å². The highest BCUT2D eigenvalue weighted by Gasteiger charge is 2.14. The first-order chi connectivity index (χ1) is 8.70. The second-order valence-electron chi connectivity index (χ2n) is 3.77. The molecule has 0 aliphatic carbocycles. The molecule has 0 saturated carbocycles. The number of methoxy groups -OCH3 is 1. The molecule has 94 valence electrons. The number of hydrogen-bond acceptors (Lipinski definition) is 5. The number of hydrogen-bond donors (Lipinski definition) is 1. The Morgan fingerprint density at radius 3 is 3.06 bits per heavy atom. The molecule has 2 heterocycles. The van der Waals surface area contributed by atoms with E-state index in [-0.39, 0.29) is 5.97 Å². The van der Waals surface area contributed by atoms with Gasteiger partial charge in [0.2, 0.25) is 0 Å². The van der Waals surface area contributed by atoms with Crippen LogP contribution >= 0.6 is 0 Å². The Bertz CT molecular complexity index is 534. The molecule has 0 aliphatic rings. The summed E-state index contributed by atoms with van der Waals surface area (Å²) >= 11 is 0. The fraction of sp³-hybridized carbons (Fsp3) is 0.231. The van der Waals surface area contributed by atoms with Crippen molar-refractivity contribution < 1.29 is 13.9 Å². The van der Waals surface area contributed by atoms with Crippen LogP contribution in [-0.2, 0) is 11.3 Å². The number of furan rings is 1. The molecule has 5 heteroatoms. The number of rotatable bonds is 4. The van der Waals surface area contributed by atoms with Crippen molar-refractivity contribution in [2.45, 2.75) is 13.5 Å². The van der Waals surface area contributed by atoms with Gasteiger partial charge < -0.3 is 14.5 Å². The zero-order chi connectivity index (χ0) is 13.0. The van der Waals surface area contributed by atoms with E-state index in [0.29, 0.717) is 23.6 Å². The molecule has 0 saturated heterocycles. The highest BCUT2D eigenvalue weighted by Crippen LogP contribution is 2.16. The van der Waals surface area contributed by atoms with E-state index in [1.165, 1.54) is 7.11 Å². The van der Waals surface area contributed by atoms with E-state index in [9.17, 15) is 4.79 Å². The summed E-state index contributed by atoms with van der Waals surface area (Å²) in [5.74, 6) is 0.852. The van der Waals surface area contributed by atoms with Gasteiger partial charge >= 0.3 is 5.97 Å². The van der Waals surface area contributed by atoms with E-state index < -0.39 is 0 Å². The zero-order valence-corrected chi connectivity index (χ0v) is 10.3. The average Bonchev–Trinajstić information content (AvgIpc) is 2.78. The van der Waals surface area contributed by atoms with E-state index in [1.54, 1.807) is 25.4 Å². The number of esters is 1. The van der Waals surface area contributed by atoms with Crippen LogP contribution in [0.2, 0.25) is 0 Å². The summed E-state index contributed by atoms with van der Waals surface area (Å²) in [4.78, 5) is 15.4. The zero-order valence-electron chi connectivity index (χ0n) is 10.3. The molecule has 0 spiro atoms. The summed E-state index contributed by atoms with van der Waals surface area (Å²) in [6.45, 7) is 2.23. The minimum Gasteiger partial charge on any atom is -0.465 e. The maximum Gasteiger partial charge on any atom is 0.341 e. The van der Waals surface area contributed by atoms with Crippen molar-refractivity contribution >= 4 is 11.7 Å². The van der Waals surface area contributed by atoms with Crippen LogP contribution in [0.3, 0.4) is 0 Å². The molecule has 0 radical (unpaired) electrons. The monoisotopic (exact) mass is 246 g/mol. The molecule has 0 unspecified atom stereocenters. The van der Waals surface area contributed by atoms with E-state index >= 15 is 0 Å². The van der Waals surface area contributed by atoms with Crippen LogP contribution in [-0.4, -0.2) is 18.1 Å². The second kappa shape index (κ2) is 5.35. The lowest BCUT2D eigenvalue weighted by Crippen LogP contribution is -2.01. The molecule has 5 nitrogen and oxygen atoms in total. The highest BCUT2D eigenvalue weighted by atomic mass is 16.5. The maximum atomic E-state index is 11.4. The van der Waals surface area contributed by atoms with Crippen LogP contribution < -0.4 is 5.32 Å². The molecule has 1 N–H and O–H groups in total. The quantitative estimate of drug-likeness (QED) is 0.839. The van der Waals surface area contributed by atoms with Gasteiger partial charge in [-0.3, -0.25) is 4.98 Å². The molecule has 0 atom stereocenters. The van der Waals surface area contributed by atoms with E-state index in [0.717, 1.165) is 5.69 Å². The predicted octanol–water partition coefficient (Wildman–Crippen LogP) is 2.38. The van der Waals surface area contributed by atoms with Gasteiger partial charge in [0.15, 0.2) is 0 Å². The molecule has 2 rings (SSSR count). The number of nitrogens with zero attached hydrogens (tertiary/aromatic N) is 1. The molecular weight excluding hydrogens is 232 g/mol. The number of carbonyl (C=O) groups excluding carboxylic acids is 1. The molecule has 0 aromatic carbocycles. The van der Waals surface area contributed by atoms with Crippen molar-refractivity contribution in [1.82, 2.24) is 4.98 Å². The fourth-order valence-electron chi connectivity index (χ4n) is 1.60. The van der Waals surface area contributed by atoms with Crippen molar-refractivity contribution in [2.24, 2.45) is 0 Å².